The van der Waals surface area contributed by atoms with Crippen molar-refractivity contribution in [3.8, 4) is 22.3 Å². The number of fused-ring (bicyclic) bond motifs is 12. The van der Waals surface area contributed by atoms with E-state index >= 15 is 0 Å². The van der Waals surface area contributed by atoms with E-state index in [4.69, 9.17) is 23.4 Å². The van der Waals surface area contributed by atoms with Crippen molar-refractivity contribution in [3.63, 3.8) is 0 Å². The number of nitrogen functional groups attached to an aromatic ring is 1. The summed E-state index contributed by atoms with van der Waals surface area (Å²) in [7, 11) is 0. The van der Waals surface area contributed by atoms with Crippen molar-refractivity contribution in [3.05, 3.63) is 234 Å². The molecule has 6 heteroatoms. The van der Waals surface area contributed by atoms with Gasteiger partial charge in [0.05, 0.1) is 0 Å². The quantitative estimate of drug-likeness (QED) is 0.178. The molecule has 10 aromatic carbocycles. The average molecular weight is 947 g/mol. The van der Waals surface area contributed by atoms with E-state index < -0.39 is 0 Å². The maximum Gasteiger partial charge on any atom is 0.135 e. The molecule has 5 nitrogen and oxygen atoms in total. The van der Waals surface area contributed by atoms with Gasteiger partial charge in [-0.15, -0.1) is 0 Å². The minimum Gasteiger partial charge on any atom is -0.456 e. The van der Waals surface area contributed by atoms with Crippen molar-refractivity contribution in [2.24, 2.45) is 0 Å². The molecule has 68 heavy (non-hydrogen) atoms. The molecule has 4 heterocycles. The summed E-state index contributed by atoms with van der Waals surface area (Å²) in [5.74, 6) is 0. The van der Waals surface area contributed by atoms with Crippen molar-refractivity contribution in [2.45, 2.75) is 13.8 Å². The van der Waals surface area contributed by atoms with E-state index in [1.54, 1.807) is 0 Å². The number of hydrogen-bond acceptors (Lipinski definition) is 5. The van der Waals surface area contributed by atoms with E-state index in [-0.39, 0.29) is 7.43 Å². The molecule has 2 N–H and O–H groups in total. The van der Waals surface area contributed by atoms with E-state index in [9.17, 15) is 0 Å². The smallest absolute Gasteiger partial charge is 0.135 e. The Labute approximate surface area is 400 Å². The Balaban J connectivity index is 0.000000123. The zero-order valence-electron chi connectivity index (χ0n) is 36.1. The Morgan fingerprint density at radius 1 is 0.294 bits per heavy atom. The Morgan fingerprint density at radius 3 is 1.07 bits per heavy atom. The number of rotatable bonds is 4. The first kappa shape index (κ1) is 42.3. The number of hydrogen-bond donors (Lipinski definition) is 1. The van der Waals surface area contributed by atoms with Gasteiger partial charge in [-0.3, -0.25) is 0 Å². The third kappa shape index (κ3) is 8.05. The normalized spacial score (nSPS) is 11.3. The molecule has 0 fully saturated rings. The lowest BCUT2D eigenvalue weighted by atomic mass is 9.98. The van der Waals surface area contributed by atoms with Gasteiger partial charge >= 0.3 is 0 Å². The second-order valence-corrected chi connectivity index (χ2v) is 17.7. The summed E-state index contributed by atoms with van der Waals surface area (Å²) in [6, 6.07) is 74.7. The lowest BCUT2D eigenvalue weighted by Gasteiger charge is -2.06. The summed E-state index contributed by atoms with van der Waals surface area (Å²) in [5.41, 5.74) is 21.3. The summed E-state index contributed by atoms with van der Waals surface area (Å²) >= 11 is 3.46. The van der Waals surface area contributed by atoms with Gasteiger partial charge < -0.3 is 23.4 Å². The lowest BCUT2D eigenvalue weighted by Crippen LogP contribution is -1.88. The van der Waals surface area contributed by atoms with Crippen LogP contribution in [0.25, 0.3) is 110 Å². The fourth-order valence-corrected chi connectivity index (χ4v) is 9.48. The van der Waals surface area contributed by atoms with Crippen LogP contribution in [-0.2, 0) is 6.42 Å². The highest BCUT2D eigenvalue weighted by Crippen LogP contribution is 2.35. The molecule has 14 rings (SSSR count). The van der Waals surface area contributed by atoms with Gasteiger partial charge in [0, 0.05) is 53.2 Å². The van der Waals surface area contributed by atoms with Crippen LogP contribution in [0.3, 0.4) is 0 Å². The van der Waals surface area contributed by atoms with E-state index in [1.165, 1.54) is 44.0 Å². The number of para-hydroxylation sites is 4. The van der Waals surface area contributed by atoms with Gasteiger partial charge in [-0.25, -0.2) is 0 Å². The molecule has 328 valence electrons. The molecule has 0 radical (unpaired) electrons. The maximum atomic E-state index is 5.97. The van der Waals surface area contributed by atoms with Gasteiger partial charge in [0.15, 0.2) is 0 Å². The molecule has 0 saturated heterocycles. The van der Waals surface area contributed by atoms with Gasteiger partial charge in [-0.05, 0) is 131 Å². The molecular formula is C62H44BrNO4. The highest BCUT2D eigenvalue weighted by atomic mass is 79.9. The molecule has 0 aliphatic rings. The highest BCUT2D eigenvalue weighted by Gasteiger charge is 2.12. The SMILES string of the molecule is Brc1ccc2oc3ccccc3c2c1.C.Nc1ccc(-c2ccc3oc4ccccc4c3c2)cc1.c1ccc2c(c1)oc1ccc(Cc3ccc(-c4ccc5oc6ccccc6c5c4)cc3)cc12. The highest BCUT2D eigenvalue weighted by molar-refractivity contribution is 9.10. The largest absolute Gasteiger partial charge is 0.456 e. The Hall–Kier alpha value is -8.32. The number of benzene rings is 10. The molecule has 0 aliphatic carbocycles. The topological polar surface area (TPSA) is 78.6 Å². The lowest BCUT2D eigenvalue weighted by molar-refractivity contribution is 0.668. The summed E-state index contributed by atoms with van der Waals surface area (Å²) in [4.78, 5) is 0. The van der Waals surface area contributed by atoms with Crippen LogP contribution in [-0.4, -0.2) is 0 Å². The van der Waals surface area contributed by atoms with Gasteiger partial charge in [0.2, 0.25) is 0 Å². The molecule has 0 bridgehead atoms. The minimum atomic E-state index is 0. The molecule has 0 unspecified atom stereocenters. The van der Waals surface area contributed by atoms with Crippen LogP contribution in [0.4, 0.5) is 5.69 Å². The van der Waals surface area contributed by atoms with Crippen molar-refractivity contribution >= 4 is 109 Å². The van der Waals surface area contributed by atoms with Gasteiger partial charge in [-0.1, -0.05) is 151 Å². The van der Waals surface area contributed by atoms with Crippen molar-refractivity contribution < 1.29 is 17.7 Å². The van der Waals surface area contributed by atoms with Crippen LogP contribution in [0.15, 0.2) is 241 Å². The fraction of sp³-hybridized carbons (Fsp3) is 0.0323. The van der Waals surface area contributed by atoms with Crippen LogP contribution in [0.5, 0.6) is 0 Å². The van der Waals surface area contributed by atoms with E-state index in [2.05, 4.69) is 131 Å². The maximum absolute atomic E-state index is 5.97. The predicted molar refractivity (Wildman–Crippen MR) is 287 cm³/mol. The monoisotopic (exact) mass is 945 g/mol. The number of nitrogens with two attached hydrogens (primary N) is 1. The Kier molecular flexibility index (Phi) is 11.1. The molecular weight excluding hydrogens is 903 g/mol. The standard InChI is InChI=1S/C31H20O2.C18H13NO.C12H7BrO.CH4/c1-3-7-28-24(5-1)26-18-21(11-15-30(26)32-28)17-20-9-12-22(13-10-20)23-14-16-31-27(19-23)25-6-2-4-8-29(25)33-31;19-14-8-5-12(6-9-14)13-7-10-18-16(11-13)15-3-1-2-4-17(15)20-18;13-8-5-6-12-10(7-8)9-3-1-2-4-11(9)14-12;/h1-16,18-19H,17H2;1-11H,19H2;1-7H;1H4. The van der Waals surface area contributed by atoms with Crippen LogP contribution < -0.4 is 5.73 Å². The molecule has 4 aromatic heterocycles. The third-order valence-corrected chi connectivity index (χ3v) is 13.0. The number of furan rings is 4. The first-order chi connectivity index (χ1) is 33.0. The average Bonchev–Trinajstić information content (AvgIpc) is 4.14. The molecule has 0 atom stereocenters. The molecule has 0 spiro atoms. The first-order valence-corrected chi connectivity index (χ1v) is 23.0. The predicted octanol–water partition coefficient (Wildman–Crippen LogP) is 18.6. The zero-order valence-corrected chi connectivity index (χ0v) is 37.7. The number of anilines is 1. The zero-order chi connectivity index (χ0) is 44.8. The molecule has 14 aromatic rings. The fourth-order valence-electron chi connectivity index (χ4n) is 9.12. The molecule has 0 aliphatic heterocycles. The molecule has 0 amide bonds. The van der Waals surface area contributed by atoms with Crippen molar-refractivity contribution in [1.29, 1.82) is 0 Å². The number of halogens is 1. The minimum absolute atomic E-state index is 0. The second kappa shape index (κ2) is 17.8. The van der Waals surface area contributed by atoms with E-state index in [0.717, 1.165) is 93.7 Å². The van der Waals surface area contributed by atoms with Gasteiger partial charge in [0.25, 0.3) is 0 Å². The Bertz CT molecular complexity index is 4100. The van der Waals surface area contributed by atoms with Crippen LogP contribution in [0.2, 0.25) is 0 Å². The van der Waals surface area contributed by atoms with Gasteiger partial charge in [-0.2, -0.15) is 0 Å². The summed E-state index contributed by atoms with van der Waals surface area (Å²) in [6.45, 7) is 0. The van der Waals surface area contributed by atoms with Crippen LogP contribution in [0, 0.1) is 0 Å². The molecule has 0 saturated carbocycles. The first-order valence-electron chi connectivity index (χ1n) is 22.2. The summed E-state index contributed by atoms with van der Waals surface area (Å²) in [6.07, 6.45) is 0.890. The second-order valence-electron chi connectivity index (χ2n) is 16.8. The van der Waals surface area contributed by atoms with Crippen molar-refractivity contribution in [1.82, 2.24) is 0 Å². The van der Waals surface area contributed by atoms with E-state index in [1.807, 2.05) is 103 Å². The Morgan fingerprint density at radius 2 is 0.618 bits per heavy atom. The summed E-state index contributed by atoms with van der Waals surface area (Å²) in [5, 5.41) is 9.31. The van der Waals surface area contributed by atoms with Crippen molar-refractivity contribution in [2.75, 3.05) is 5.73 Å². The summed E-state index contributed by atoms with van der Waals surface area (Å²) < 4.78 is 24.5. The third-order valence-electron chi connectivity index (χ3n) is 12.5. The van der Waals surface area contributed by atoms with Crippen LogP contribution >= 0.6 is 15.9 Å². The van der Waals surface area contributed by atoms with Crippen LogP contribution in [0.1, 0.15) is 18.6 Å². The van der Waals surface area contributed by atoms with E-state index in [0.29, 0.717) is 0 Å². The van der Waals surface area contributed by atoms with Gasteiger partial charge in [0.1, 0.15) is 44.7 Å².